The summed E-state index contributed by atoms with van der Waals surface area (Å²) in [6.07, 6.45) is 3.60. The molecule has 2 aliphatic rings. The van der Waals surface area contributed by atoms with Gasteiger partial charge in [0.2, 0.25) is 5.91 Å². The van der Waals surface area contributed by atoms with Gasteiger partial charge in [-0.1, -0.05) is 29.8 Å². The molecule has 132 valence electrons. The molecule has 1 aromatic carbocycles. The molecule has 4 nitrogen and oxygen atoms in total. The van der Waals surface area contributed by atoms with Gasteiger partial charge in [0.25, 0.3) is 0 Å². The quantitative estimate of drug-likeness (QED) is 0.877. The Balaban J connectivity index is 1.71. The van der Waals surface area contributed by atoms with Crippen LogP contribution in [-0.4, -0.2) is 38.3 Å². The maximum Gasteiger partial charge on any atom is 0.223 e. The number of hydrogen-bond donors (Lipinski definition) is 2. The van der Waals surface area contributed by atoms with Crippen LogP contribution in [-0.2, 0) is 14.9 Å². The molecule has 0 spiro atoms. The molecule has 5 heteroatoms. The predicted octanol–water partition coefficient (Wildman–Crippen LogP) is 2.89. The summed E-state index contributed by atoms with van der Waals surface area (Å²) in [5.74, 6) is 0.297. The zero-order chi connectivity index (χ0) is 17.0. The summed E-state index contributed by atoms with van der Waals surface area (Å²) in [7, 11) is 0. The standard InChI is InChI=1S/C19H27ClN2O2/c1-14-12-15(6-9-21-14)18(23)22-13-19(7-10-24-11-8-19)16-4-2-3-5-17(16)20/h2-5,14-15,21H,6-13H2,1H3,(H,22,23)/t14-,15-/m0/s1. The molecule has 0 saturated carbocycles. The third-order valence-corrected chi connectivity index (χ3v) is 5.82. The number of amides is 1. The van der Waals surface area contributed by atoms with Crippen LogP contribution < -0.4 is 10.6 Å². The Kier molecular flexibility index (Phi) is 5.80. The third-order valence-electron chi connectivity index (χ3n) is 5.49. The summed E-state index contributed by atoms with van der Waals surface area (Å²) in [5.41, 5.74) is 1.01. The van der Waals surface area contributed by atoms with E-state index in [9.17, 15) is 4.79 Å². The lowest BCUT2D eigenvalue weighted by atomic mass is 9.74. The van der Waals surface area contributed by atoms with Gasteiger partial charge in [-0.3, -0.25) is 4.79 Å². The highest BCUT2D eigenvalue weighted by molar-refractivity contribution is 6.31. The van der Waals surface area contributed by atoms with Gasteiger partial charge in [-0.2, -0.15) is 0 Å². The Bertz CT molecular complexity index is 572. The first kappa shape index (κ1) is 17.7. The highest BCUT2D eigenvalue weighted by Crippen LogP contribution is 2.38. The van der Waals surface area contributed by atoms with E-state index in [2.05, 4.69) is 23.6 Å². The second kappa shape index (κ2) is 7.85. The van der Waals surface area contributed by atoms with E-state index in [-0.39, 0.29) is 17.2 Å². The number of piperidine rings is 1. The van der Waals surface area contributed by atoms with Gasteiger partial charge in [0.1, 0.15) is 0 Å². The molecule has 0 aliphatic carbocycles. The summed E-state index contributed by atoms with van der Waals surface area (Å²) in [6, 6.07) is 8.41. The van der Waals surface area contributed by atoms with E-state index in [4.69, 9.17) is 16.3 Å². The van der Waals surface area contributed by atoms with Crippen LogP contribution in [0.4, 0.5) is 0 Å². The van der Waals surface area contributed by atoms with Crippen molar-refractivity contribution in [2.75, 3.05) is 26.3 Å². The lowest BCUT2D eigenvalue weighted by Crippen LogP contribution is -2.48. The van der Waals surface area contributed by atoms with Gasteiger partial charge in [0, 0.05) is 42.2 Å². The van der Waals surface area contributed by atoms with Crippen molar-refractivity contribution < 1.29 is 9.53 Å². The summed E-state index contributed by atoms with van der Waals surface area (Å²) in [5, 5.41) is 7.41. The topological polar surface area (TPSA) is 50.4 Å². The monoisotopic (exact) mass is 350 g/mol. The summed E-state index contributed by atoms with van der Waals surface area (Å²) in [4.78, 5) is 12.6. The van der Waals surface area contributed by atoms with E-state index in [1.165, 1.54) is 0 Å². The fourth-order valence-electron chi connectivity index (χ4n) is 3.97. The van der Waals surface area contributed by atoms with Gasteiger partial charge >= 0.3 is 0 Å². The Morgan fingerprint density at radius 2 is 2.12 bits per heavy atom. The van der Waals surface area contributed by atoms with Gasteiger partial charge in [-0.05, 0) is 50.8 Å². The minimum Gasteiger partial charge on any atom is -0.381 e. The van der Waals surface area contributed by atoms with Gasteiger partial charge in [0.05, 0.1) is 0 Å². The van der Waals surface area contributed by atoms with Crippen LogP contribution in [0, 0.1) is 5.92 Å². The predicted molar refractivity (Wildman–Crippen MR) is 96.4 cm³/mol. The van der Waals surface area contributed by atoms with Crippen LogP contribution in [0.1, 0.15) is 38.2 Å². The summed E-state index contributed by atoms with van der Waals surface area (Å²) < 4.78 is 5.56. The molecule has 2 heterocycles. The molecular formula is C19H27ClN2O2. The van der Waals surface area contributed by atoms with Crippen molar-refractivity contribution in [3.8, 4) is 0 Å². The molecule has 2 aliphatic heterocycles. The number of benzene rings is 1. The smallest absolute Gasteiger partial charge is 0.223 e. The van der Waals surface area contributed by atoms with Crippen LogP contribution in [0.5, 0.6) is 0 Å². The van der Waals surface area contributed by atoms with Crippen LogP contribution in [0.25, 0.3) is 0 Å². The van der Waals surface area contributed by atoms with Gasteiger partial charge in [-0.15, -0.1) is 0 Å². The molecule has 2 N–H and O–H groups in total. The lowest BCUT2D eigenvalue weighted by Gasteiger charge is -2.39. The maximum absolute atomic E-state index is 12.6. The average molecular weight is 351 g/mol. The van der Waals surface area contributed by atoms with Crippen molar-refractivity contribution in [2.24, 2.45) is 5.92 Å². The third kappa shape index (κ3) is 3.93. The molecular weight excluding hydrogens is 324 g/mol. The van der Waals surface area contributed by atoms with Crippen molar-refractivity contribution in [1.82, 2.24) is 10.6 Å². The highest BCUT2D eigenvalue weighted by atomic mass is 35.5. The molecule has 1 amide bonds. The van der Waals surface area contributed by atoms with Crippen molar-refractivity contribution in [1.29, 1.82) is 0 Å². The Morgan fingerprint density at radius 1 is 1.38 bits per heavy atom. The molecule has 0 bridgehead atoms. The number of nitrogens with one attached hydrogen (secondary N) is 2. The first-order valence-corrected chi connectivity index (χ1v) is 9.32. The van der Waals surface area contributed by atoms with Crippen molar-refractivity contribution in [3.05, 3.63) is 34.9 Å². The number of halogens is 1. The SMILES string of the molecule is C[C@H]1C[C@@H](C(=O)NCC2(c3ccccc3Cl)CCOCC2)CCN1. The average Bonchev–Trinajstić information content (AvgIpc) is 2.61. The van der Waals surface area contributed by atoms with Crippen LogP contribution in [0.15, 0.2) is 24.3 Å². The number of rotatable bonds is 4. The molecule has 0 aromatic heterocycles. The van der Waals surface area contributed by atoms with Gasteiger partial charge < -0.3 is 15.4 Å². The van der Waals surface area contributed by atoms with Crippen molar-refractivity contribution >= 4 is 17.5 Å². The maximum atomic E-state index is 12.6. The molecule has 24 heavy (non-hydrogen) atoms. The first-order chi connectivity index (χ1) is 11.6. The van der Waals surface area contributed by atoms with Gasteiger partial charge in [0.15, 0.2) is 0 Å². The zero-order valence-corrected chi connectivity index (χ0v) is 15.1. The summed E-state index contributed by atoms with van der Waals surface area (Å²) >= 11 is 6.47. The highest BCUT2D eigenvalue weighted by Gasteiger charge is 2.37. The normalized spacial score (nSPS) is 26.8. The van der Waals surface area contributed by atoms with E-state index in [0.29, 0.717) is 25.8 Å². The Morgan fingerprint density at radius 3 is 2.83 bits per heavy atom. The molecule has 0 unspecified atom stereocenters. The zero-order valence-electron chi connectivity index (χ0n) is 14.3. The molecule has 0 radical (unpaired) electrons. The second-order valence-corrected chi connectivity index (χ2v) is 7.57. The van der Waals surface area contributed by atoms with Crippen molar-refractivity contribution in [3.63, 3.8) is 0 Å². The molecule has 2 atom stereocenters. The van der Waals surface area contributed by atoms with Crippen LogP contribution >= 0.6 is 11.6 Å². The fourth-order valence-corrected chi connectivity index (χ4v) is 4.30. The number of ether oxygens (including phenoxy) is 1. The Labute approximate surface area is 149 Å². The van der Waals surface area contributed by atoms with E-state index >= 15 is 0 Å². The number of carbonyl (C=O) groups excluding carboxylic acids is 1. The van der Waals surface area contributed by atoms with E-state index in [1.807, 2.05) is 18.2 Å². The Hall–Kier alpha value is -1.10. The fraction of sp³-hybridized carbons (Fsp3) is 0.632. The largest absolute Gasteiger partial charge is 0.381 e. The molecule has 3 rings (SSSR count). The van der Waals surface area contributed by atoms with Gasteiger partial charge in [-0.25, -0.2) is 0 Å². The summed E-state index contributed by atoms with van der Waals surface area (Å²) in [6.45, 7) is 5.13. The van der Waals surface area contributed by atoms with Crippen molar-refractivity contribution in [2.45, 2.75) is 44.1 Å². The molecule has 2 fully saturated rings. The molecule has 1 aromatic rings. The lowest BCUT2D eigenvalue weighted by molar-refractivity contribution is -0.126. The van der Waals surface area contributed by atoms with E-state index in [1.54, 1.807) is 0 Å². The van der Waals surface area contributed by atoms with E-state index in [0.717, 1.165) is 42.8 Å². The second-order valence-electron chi connectivity index (χ2n) is 7.17. The van der Waals surface area contributed by atoms with E-state index < -0.39 is 0 Å². The number of hydrogen-bond acceptors (Lipinski definition) is 3. The minimum absolute atomic E-state index is 0.115. The minimum atomic E-state index is -0.120. The van der Waals surface area contributed by atoms with Crippen LogP contribution in [0.2, 0.25) is 5.02 Å². The van der Waals surface area contributed by atoms with Crippen LogP contribution in [0.3, 0.4) is 0 Å². The number of carbonyl (C=O) groups is 1. The first-order valence-electron chi connectivity index (χ1n) is 8.95. The molecule has 2 saturated heterocycles.